The van der Waals surface area contributed by atoms with E-state index in [0.717, 1.165) is 12.8 Å². The smallest absolute Gasteiger partial charge is 0.328 e. The van der Waals surface area contributed by atoms with Gasteiger partial charge in [-0.3, -0.25) is 9.59 Å². The summed E-state index contributed by atoms with van der Waals surface area (Å²) in [6, 6.07) is -0.874. The molecule has 1 amide bonds. The highest BCUT2D eigenvalue weighted by molar-refractivity contribution is 6.26. The van der Waals surface area contributed by atoms with Crippen LogP contribution < -0.4 is 5.32 Å². The highest BCUT2D eigenvalue weighted by Gasteiger charge is 2.28. The Hall–Kier alpha value is -1.76. The molecule has 0 unspecified atom stereocenters. The summed E-state index contributed by atoms with van der Waals surface area (Å²) in [5.41, 5.74) is 0. The Balaban J connectivity index is 2.62. The molecule has 1 fully saturated rings. The van der Waals surface area contributed by atoms with Crippen molar-refractivity contribution in [2.24, 2.45) is 5.92 Å². The van der Waals surface area contributed by atoms with E-state index in [1.807, 2.05) is 0 Å². The highest BCUT2D eigenvalue weighted by Crippen LogP contribution is 2.14. The maximum absolute atomic E-state index is 12.2. The van der Waals surface area contributed by atoms with Crippen molar-refractivity contribution >= 4 is 23.9 Å². The summed E-state index contributed by atoms with van der Waals surface area (Å²) in [7, 11) is 0. The Morgan fingerprint density at radius 1 is 1.41 bits per heavy atom. The van der Waals surface area contributed by atoms with Crippen LogP contribution in [0.1, 0.15) is 39.5 Å². The van der Waals surface area contributed by atoms with E-state index in [0.29, 0.717) is 19.4 Å². The summed E-state index contributed by atoms with van der Waals surface area (Å²) >= 11 is 0. The molecule has 7 nitrogen and oxygen atoms in total. The maximum atomic E-state index is 12.2. The molecule has 0 bridgehead atoms. The van der Waals surface area contributed by atoms with Crippen molar-refractivity contribution in [3.63, 3.8) is 0 Å². The number of ether oxygens (including phenoxy) is 2. The third kappa shape index (κ3) is 6.34. The molecule has 2 atom stereocenters. The Morgan fingerprint density at radius 3 is 2.68 bits per heavy atom. The van der Waals surface area contributed by atoms with E-state index in [9.17, 15) is 14.4 Å². The van der Waals surface area contributed by atoms with E-state index >= 15 is 0 Å². The van der Waals surface area contributed by atoms with Crippen LogP contribution in [0.15, 0.2) is 0 Å². The monoisotopic (exact) mass is 312 g/mol. The van der Waals surface area contributed by atoms with E-state index in [1.54, 1.807) is 13.8 Å². The van der Waals surface area contributed by atoms with Crippen molar-refractivity contribution in [3.05, 3.63) is 0 Å². The van der Waals surface area contributed by atoms with Gasteiger partial charge in [-0.05, 0) is 33.1 Å². The van der Waals surface area contributed by atoms with Crippen LogP contribution in [0.4, 0.5) is 0 Å². The molecule has 0 aromatic rings. The van der Waals surface area contributed by atoms with Gasteiger partial charge in [0.15, 0.2) is 5.78 Å². The van der Waals surface area contributed by atoms with E-state index in [4.69, 9.17) is 14.9 Å². The van der Waals surface area contributed by atoms with E-state index < -0.39 is 17.8 Å². The predicted molar refractivity (Wildman–Crippen MR) is 79.7 cm³/mol. The number of hydrogen-bond acceptors (Lipinski definition) is 6. The molecule has 1 aliphatic rings. The molecule has 0 saturated carbocycles. The number of Topliss-reactive ketones (excluding diaryl/α,β-unsaturated/α-hetero) is 1. The van der Waals surface area contributed by atoms with Gasteiger partial charge in [0.25, 0.3) is 0 Å². The Labute approximate surface area is 130 Å². The lowest BCUT2D eigenvalue weighted by Gasteiger charge is -2.24. The minimum atomic E-state index is -0.874. The van der Waals surface area contributed by atoms with Crippen molar-refractivity contribution in [3.8, 4) is 0 Å². The lowest BCUT2D eigenvalue weighted by Crippen LogP contribution is -2.46. The first-order chi connectivity index (χ1) is 10.4. The maximum Gasteiger partial charge on any atom is 0.328 e. The summed E-state index contributed by atoms with van der Waals surface area (Å²) in [6.45, 7) is 4.43. The van der Waals surface area contributed by atoms with Crippen molar-refractivity contribution in [1.29, 1.82) is 5.41 Å². The number of nitrogens with one attached hydrogen (secondary N) is 2. The lowest BCUT2D eigenvalue weighted by atomic mass is 10.0. The lowest BCUT2D eigenvalue weighted by molar-refractivity contribution is -0.152. The van der Waals surface area contributed by atoms with Crippen LogP contribution in [0.25, 0.3) is 0 Å². The SMILES string of the molecule is CC(C)OC(=O)[C@H](CCC(=O)C=N)NC(=O)[C@H]1CCCOC1. The van der Waals surface area contributed by atoms with Gasteiger partial charge in [0.05, 0.1) is 24.8 Å². The second-order valence-electron chi connectivity index (χ2n) is 5.61. The third-order valence-electron chi connectivity index (χ3n) is 3.32. The number of ketones is 1. The minimum absolute atomic E-state index is 0.0167. The molecule has 22 heavy (non-hydrogen) atoms. The van der Waals surface area contributed by atoms with Crippen molar-refractivity contribution in [2.45, 2.75) is 51.7 Å². The second-order valence-corrected chi connectivity index (χ2v) is 5.61. The zero-order valence-corrected chi connectivity index (χ0v) is 13.1. The summed E-state index contributed by atoms with van der Waals surface area (Å²) in [5, 5.41) is 9.53. The molecule has 7 heteroatoms. The summed E-state index contributed by atoms with van der Waals surface area (Å²) in [5.74, 6) is -1.48. The fourth-order valence-electron chi connectivity index (χ4n) is 2.16. The normalized spacial score (nSPS) is 19.3. The first-order valence-corrected chi connectivity index (χ1v) is 7.56. The minimum Gasteiger partial charge on any atom is -0.461 e. The fourth-order valence-corrected chi connectivity index (χ4v) is 2.16. The molecular formula is C15H24N2O5. The summed E-state index contributed by atoms with van der Waals surface area (Å²) in [4.78, 5) is 35.4. The van der Waals surface area contributed by atoms with Crippen LogP contribution in [0.5, 0.6) is 0 Å². The second kappa shape index (κ2) is 9.30. The van der Waals surface area contributed by atoms with Crippen LogP contribution in [0, 0.1) is 11.3 Å². The van der Waals surface area contributed by atoms with Crippen LogP contribution >= 0.6 is 0 Å². The molecule has 2 N–H and O–H groups in total. The Kier molecular flexibility index (Phi) is 7.73. The van der Waals surface area contributed by atoms with Gasteiger partial charge in [0.1, 0.15) is 6.04 Å². The number of carbonyl (C=O) groups is 3. The number of carbonyl (C=O) groups excluding carboxylic acids is 3. The van der Waals surface area contributed by atoms with Crippen LogP contribution in [0.2, 0.25) is 0 Å². The largest absolute Gasteiger partial charge is 0.461 e. The topological polar surface area (TPSA) is 106 Å². The first kappa shape index (κ1) is 18.3. The molecule has 0 radical (unpaired) electrons. The average molecular weight is 312 g/mol. The van der Waals surface area contributed by atoms with E-state index in [2.05, 4.69) is 5.32 Å². The van der Waals surface area contributed by atoms with Crippen LogP contribution in [-0.4, -0.2) is 49.2 Å². The molecule has 0 aliphatic carbocycles. The number of esters is 1. The van der Waals surface area contributed by atoms with E-state index in [-0.39, 0.29) is 30.8 Å². The zero-order valence-electron chi connectivity index (χ0n) is 13.1. The molecule has 1 heterocycles. The van der Waals surface area contributed by atoms with Gasteiger partial charge < -0.3 is 20.2 Å². The average Bonchev–Trinajstić information content (AvgIpc) is 2.50. The Bertz CT molecular complexity index is 416. The standard InChI is InChI=1S/C15H24N2O5/c1-10(2)22-15(20)13(6-5-12(18)8-16)17-14(19)11-4-3-7-21-9-11/h8,10-11,13,16H,3-7,9H2,1-2H3,(H,17,19)/t11-,13-/m0/s1. The molecule has 1 aliphatic heterocycles. The molecule has 124 valence electrons. The van der Waals surface area contributed by atoms with Gasteiger partial charge in [0, 0.05) is 13.0 Å². The van der Waals surface area contributed by atoms with Gasteiger partial charge in [-0.25, -0.2) is 4.79 Å². The van der Waals surface area contributed by atoms with Crippen molar-refractivity contribution in [1.82, 2.24) is 5.32 Å². The summed E-state index contributed by atoms with van der Waals surface area (Å²) in [6.07, 6.45) is 2.08. The van der Waals surface area contributed by atoms with Crippen LogP contribution in [0.3, 0.4) is 0 Å². The molecule has 1 rings (SSSR count). The van der Waals surface area contributed by atoms with Gasteiger partial charge in [-0.15, -0.1) is 0 Å². The summed E-state index contributed by atoms with van der Waals surface area (Å²) < 4.78 is 10.4. The van der Waals surface area contributed by atoms with Gasteiger partial charge in [-0.2, -0.15) is 0 Å². The van der Waals surface area contributed by atoms with Crippen molar-refractivity contribution in [2.75, 3.05) is 13.2 Å². The Morgan fingerprint density at radius 2 is 2.14 bits per heavy atom. The fraction of sp³-hybridized carbons (Fsp3) is 0.733. The number of amides is 1. The molecular weight excluding hydrogens is 288 g/mol. The van der Waals surface area contributed by atoms with Crippen molar-refractivity contribution < 1.29 is 23.9 Å². The van der Waals surface area contributed by atoms with Crippen LogP contribution in [-0.2, 0) is 23.9 Å². The highest BCUT2D eigenvalue weighted by atomic mass is 16.5. The molecule has 0 spiro atoms. The third-order valence-corrected chi connectivity index (χ3v) is 3.32. The molecule has 1 saturated heterocycles. The van der Waals surface area contributed by atoms with Gasteiger partial charge in [0.2, 0.25) is 5.91 Å². The quantitative estimate of drug-likeness (QED) is 0.510. The van der Waals surface area contributed by atoms with Gasteiger partial charge in [-0.1, -0.05) is 0 Å². The zero-order chi connectivity index (χ0) is 16.5. The predicted octanol–water partition coefficient (Wildman–Crippen LogP) is 0.848. The van der Waals surface area contributed by atoms with Gasteiger partial charge >= 0.3 is 5.97 Å². The van der Waals surface area contributed by atoms with E-state index in [1.165, 1.54) is 0 Å². The number of hydrogen-bond donors (Lipinski definition) is 2. The number of rotatable bonds is 8. The first-order valence-electron chi connectivity index (χ1n) is 7.56. The molecule has 0 aromatic carbocycles. The molecule has 0 aromatic heterocycles.